The van der Waals surface area contributed by atoms with Crippen LogP contribution in [0.1, 0.15) is 16.1 Å². The molecule has 0 unspecified atom stereocenters. The number of nitrogens with zero attached hydrogens (tertiary/aromatic N) is 2. The van der Waals surface area contributed by atoms with Crippen molar-refractivity contribution in [2.45, 2.75) is 10.6 Å². The molecule has 0 radical (unpaired) electrons. The Kier molecular flexibility index (Phi) is 3.82. The molecule has 8 heteroatoms. The molecule has 0 fully saturated rings. The highest BCUT2D eigenvalue weighted by atomic mass is 35.5. The van der Waals surface area contributed by atoms with E-state index in [0.29, 0.717) is 5.69 Å². The van der Waals surface area contributed by atoms with Gasteiger partial charge in [-0.15, -0.1) is 0 Å². The molecular weight excluding hydrogens is 304 g/mol. The number of carbonyl (C=O) groups is 1. The summed E-state index contributed by atoms with van der Waals surface area (Å²) in [7, 11) is -1.99. The van der Waals surface area contributed by atoms with Crippen LogP contribution in [-0.2, 0) is 22.6 Å². The Labute approximate surface area is 120 Å². The first-order valence-corrected chi connectivity index (χ1v) is 7.57. The van der Waals surface area contributed by atoms with Gasteiger partial charge in [-0.05, 0) is 24.3 Å². The minimum absolute atomic E-state index is 0.00529. The smallest absolute Gasteiger partial charge is 0.337 e. The van der Waals surface area contributed by atoms with Crippen molar-refractivity contribution in [3.8, 4) is 0 Å². The molecule has 1 N–H and O–H groups in total. The molecule has 2 aromatic rings. The van der Waals surface area contributed by atoms with Gasteiger partial charge < -0.3 is 5.11 Å². The van der Waals surface area contributed by atoms with E-state index in [2.05, 4.69) is 5.10 Å². The summed E-state index contributed by atoms with van der Waals surface area (Å²) in [5, 5.41) is 12.9. The predicted octanol–water partition coefficient (Wildman–Crippen LogP) is 1.75. The van der Waals surface area contributed by atoms with Crippen molar-refractivity contribution in [3.63, 3.8) is 0 Å². The number of carboxylic acid groups (broad SMARTS) is 1. The number of halogens is 1. The molecule has 20 heavy (non-hydrogen) atoms. The minimum Gasteiger partial charge on any atom is -0.478 e. The second kappa shape index (κ2) is 5.26. The van der Waals surface area contributed by atoms with Crippen LogP contribution in [0.3, 0.4) is 0 Å². The van der Waals surface area contributed by atoms with Crippen LogP contribution in [0.15, 0.2) is 35.4 Å². The maximum atomic E-state index is 12.2. The average molecular weight is 315 g/mol. The summed E-state index contributed by atoms with van der Waals surface area (Å²) < 4.78 is 25.9. The third-order valence-corrected chi connectivity index (χ3v) is 4.61. The predicted molar refractivity (Wildman–Crippen MR) is 72.5 cm³/mol. The molecule has 0 saturated carbocycles. The largest absolute Gasteiger partial charge is 0.478 e. The van der Waals surface area contributed by atoms with E-state index in [1.165, 1.54) is 16.8 Å². The van der Waals surface area contributed by atoms with Crippen LogP contribution < -0.4 is 0 Å². The molecule has 1 aromatic carbocycles. The van der Waals surface area contributed by atoms with Crippen LogP contribution >= 0.6 is 11.6 Å². The lowest BCUT2D eigenvalue weighted by molar-refractivity contribution is 0.0697. The van der Waals surface area contributed by atoms with Crippen molar-refractivity contribution < 1.29 is 18.3 Å². The zero-order valence-electron chi connectivity index (χ0n) is 10.4. The standard InChI is InChI=1S/C12H11ClN2O4S/c1-15-5-4-8(14-15)7-20(18,19)9-2-3-11(13)10(6-9)12(16)17/h2-6H,7H2,1H3,(H,16,17). The van der Waals surface area contributed by atoms with Gasteiger partial charge in [0.05, 0.1) is 26.9 Å². The third-order valence-electron chi connectivity index (χ3n) is 2.63. The zero-order valence-corrected chi connectivity index (χ0v) is 12.0. The third kappa shape index (κ3) is 3.00. The Bertz CT molecular complexity index is 768. The van der Waals surface area contributed by atoms with E-state index in [9.17, 15) is 13.2 Å². The van der Waals surface area contributed by atoms with Gasteiger partial charge in [0.1, 0.15) is 0 Å². The SMILES string of the molecule is Cn1ccc(CS(=O)(=O)c2ccc(Cl)c(C(=O)O)c2)n1. The van der Waals surface area contributed by atoms with Crippen molar-refractivity contribution in [3.05, 3.63) is 46.7 Å². The van der Waals surface area contributed by atoms with Crippen molar-refractivity contribution in [2.75, 3.05) is 0 Å². The van der Waals surface area contributed by atoms with E-state index in [4.69, 9.17) is 16.7 Å². The molecule has 1 aromatic heterocycles. The topological polar surface area (TPSA) is 89.3 Å². The fourth-order valence-electron chi connectivity index (χ4n) is 1.68. The zero-order chi connectivity index (χ0) is 14.9. The average Bonchev–Trinajstić information content (AvgIpc) is 2.73. The van der Waals surface area contributed by atoms with Gasteiger partial charge in [-0.3, -0.25) is 4.68 Å². The highest BCUT2D eigenvalue weighted by Gasteiger charge is 2.20. The summed E-state index contributed by atoms with van der Waals surface area (Å²) in [5.41, 5.74) is 0.146. The summed E-state index contributed by atoms with van der Waals surface area (Å²) in [6.07, 6.45) is 1.63. The second-order valence-electron chi connectivity index (χ2n) is 4.19. The Morgan fingerprint density at radius 2 is 2.10 bits per heavy atom. The Morgan fingerprint density at radius 3 is 2.65 bits per heavy atom. The van der Waals surface area contributed by atoms with Gasteiger partial charge in [0, 0.05) is 13.2 Å². The van der Waals surface area contributed by atoms with Gasteiger partial charge in [-0.2, -0.15) is 5.10 Å². The lowest BCUT2D eigenvalue weighted by atomic mass is 10.2. The van der Waals surface area contributed by atoms with Gasteiger partial charge >= 0.3 is 5.97 Å². The summed E-state index contributed by atoms with van der Waals surface area (Å²) in [4.78, 5) is 10.9. The highest BCUT2D eigenvalue weighted by molar-refractivity contribution is 7.90. The lowest BCUT2D eigenvalue weighted by Crippen LogP contribution is -2.08. The van der Waals surface area contributed by atoms with Gasteiger partial charge in [0.25, 0.3) is 0 Å². The van der Waals surface area contributed by atoms with E-state index < -0.39 is 15.8 Å². The van der Waals surface area contributed by atoms with Crippen LogP contribution in [0.2, 0.25) is 5.02 Å². The fourth-order valence-corrected chi connectivity index (χ4v) is 3.16. The number of carboxylic acids is 1. The summed E-state index contributed by atoms with van der Waals surface area (Å²) in [6.45, 7) is 0. The van der Waals surface area contributed by atoms with Gasteiger partial charge in [0.15, 0.2) is 9.84 Å². The fraction of sp³-hybridized carbons (Fsp3) is 0.167. The number of sulfone groups is 1. The first-order valence-electron chi connectivity index (χ1n) is 5.54. The van der Waals surface area contributed by atoms with Gasteiger partial charge in [0.2, 0.25) is 0 Å². The van der Waals surface area contributed by atoms with Crippen molar-refractivity contribution in [1.82, 2.24) is 9.78 Å². The molecular formula is C12H11ClN2O4S. The van der Waals surface area contributed by atoms with Crippen molar-refractivity contribution in [1.29, 1.82) is 0 Å². The number of rotatable bonds is 4. The number of hydrogen-bond acceptors (Lipinski definition) is 4. The Morgan fingerprint density at radius 1 is 1.40 bits per heavy atom. The first-order chi connectivity index (χ1) is 9.29. The molecule has 0 bridgehead atoms. The molecule has 106 valence electrons. The minimum atomic E-state index is -3.67. The second-order valence-corrected chi connectivity index (χ2v) is 6.58. The number of benzene rings is 1. The molecule has 0 aliphatic rings. The van der Waals surface area contributed by atoms with Crippen LogP contribution in [0, 0.1) is 0 Å². The summed E-state index contributed by atoms with van der Waals surface area (Å²) in [5.74, 6) is -1.57. The van der Waals surface area contributed by atoms with Crippen molar-refractivity contribution in [2.24, 2.45) is 7.05 Å². The Hall–Kier alpha value is -1.86. The molecule has 0 aliphatic heterocycles. The maximum Gasteiger partial charge on any atom is 0.337 e. The molecule has 0 saturated heterocycles. The van der Waals surface area contributed by atoms with Crippen LogP contribution in [0.5, 0.6) is 0 Å². The molecule has 0 atom stereocenters. The monoisotopic (exact) mass is 314 g/mol. The maximum absolute atomic E-state index is 12.2. The summed E-state index contributed by atoms with van der Waals surface area (Å²) >= 11 is 5.71. The van der Waals surface area contributed by atoms with Crippen LogP contribution in [-0.4, -0.2) is 29.3 Å². The first kappa shape index (κ1) is 14.5. The van der Waals surface area contributed by atoms with Crippen LogP contribution in [0.4, 0.5) is 0 Å². The molecule has 0 amide bonds. The van der Waals surface area contributed by atoms with Gasteiger partial charge in [-0.1, -0.05) is 11.6 Å². The molecule has 0 aliphatic carbocycles. The van der Waals surface area contributed by atoms with Crippen LogP contribution in [0.25, 0.3) is 0 Å². The molecule has 6 nitrogen and oxygen atoms in total. The summed E-state index contributed by atoms with van der Waals surface area (Å²) in [6, 6.07) is 5.19. The number of aryl methyl sites for hydroxylation is 1. The normalized spacial score (nSPS) is 11.5. The van der Waals surface area contributed by atoms with E-state index in [1.54, 1.807) is 19.3 Å². The Balaban J connectivity index is 2.39. The molecule has 1 heterocycles. The molecule has 2 rings (SSSR count). The van der Waals surface area contributed by atoms with E-state index in [0.717, 1.165) is 6.07 Å². The number of hydrogen-bond donors (Lipinski definition) is 1. The quantitative estimate of drug-likeness (QED) is 0.928. The van der Waals surface area contributed by atoms with E-state index in [1.807, 2.05) is 0 Å². The van der Waals surface area contributed by atoms with E-state index in [-0.39, 0.29) is 21.2 Å². The molecule has 0 spiro atoms. The number of aromatic carboxylic acids is 1. The van der Waals surface area contributed by atoms with Crippen molar-refractivity contribution >= 4 is 27.4 Å². The number of aromatic nitrogens is 2. The lowest BCUT2D eigenvalue weighted by Gasteiger charge is -2.05. The van der Waals surface area contributed by atoms with E-state index >= 15 is 0 Å². The van der Waals surface area contributed by atoms with Gasteiger partial charge in [-0.25, -0.2) is 13.2 Å². The highest BCUT2D eigenvalue weighted by Crippen LogP contribution is 2.22.